The van der Waals surface area contributed by atoms with Gasteiger partial charge in [-0.2, -0.15) is 5.10 Å². The summed E-state index contributed by atoms with van der Waals surface area (Å²) in [6.07, 6.45) is 3.63. The lowest BCUT2D eigenvalue weighted by Crippen LogP contribution is -2.49. The van der Waals surface area contributed by atoms with Crippen LogP contribution in [0.3, 0.4) is 0 Å². The molecule has 1 aliphatic rings. The first kappa shape index (κ1) is 16.5. The number of carbonyl (C=O) groups excluding carboxylic acids is 1. The Kier molecular flexibility index (Phi) is 4.29. The van der Waals surface area contributed by atoms with Crippen LogP contribution in [0, 0.1) is 13.8 Å². The highest BCUT2D eigenvalue weighted by Crippen LogP contribution is 2.20. The Hall–Kier alpha value is -2.94. The van der Waals surface area contributed by atoms with Gasteiger partial charge in [0.05, 0.1) is 12.2 Å². The first-order valence-corrected chi connectivity index (χ1v) is 8.60. The van der Waals surface area contributed by atoms with Crippen molar-refractivity contribution in [3.63, 3.8) is 0 Å². The van der Waals surface area contributed by atoms with Crippen molar-refractivity contribution in [3.05, 3.63) is 36.0 Å². The van der Waals surface area contributed by atoms with E-state index in [2.05, 4.69) is 30.4 Å². The molecule has 1 fully saturated rings. The predicted molar refractivity (Wildman–Crippen MR) is 96.2 cm³/mol. The van der Waals surface area contributed by atoms with Crippen molar-refractivity contribution >= 4 is 23.1 Å². The van der Waals surface area contributed by atoms with Crippen molar-refractivity contribution in [2.24, 2.45) is 0 Å². The first-order chi connectivity index (χ1) is 12.6. The van der Waals surface area contributed by atoms with E-state index in [0.29, 0.717) is 18.1 Å². The summed E-state index contributed by atoms with van der Waals surface area (Å²) < 4.78 is 6.81. The maximum atomic E-state index is 12.1. The smallest absolute Gasteiger partial charge is 0.239 e. The molecular formula is C17H21N7O2. The highest BCUT2D eigenvalue weighted by atomic mass is 16.5. The van der Waals surface area contributed by atoms with E-state index in [-0.39, 0.29) is 5.91 Å². The molecule has 0 radical (unpaired) electrons. The number of aryl methyl sites for hydroxylation is 2. The van der Waals surface area contributed by atoms with Gasteiger partial charge >= 0.3 is 0 Å². The molecule has 1 amide bonds. The molecule has 0 bridgehead atoms. The summed E-state index contributed by atoms with van der Waals surface area (Å²) in [5.41, 5.74) is 1.98. The Morgan fingerprint density at radius 1 is 1.23 bits per heavy atom. The van der Waals surface area contributed by atoms with E-state index >= 15 is 0 Å². The molecule has 3 aromatic heterocycles. The maximum Gasteiger partial charge on any atom is 0.239 e. The molecule has 26 heavy (non-hydrogen) atoms. The summed E-state index contributed by atoms with van der Waals surface area (Å²) in [5.74, 6) is 1.98. The van der Waals surface area contributed by atoms with Crippen molar-refractivity contribution in [2.75, 3.05) is 42.9 Å². The quantitative estimate of drug-likeness (QED) is 0.749. The number of carbonyl (C=O) groups is 1. The molecule has 0 unspecified atom stereocenters. The van der Waals surface area contributed by atoms with Crippen LogP contribution in [0.25, 0.3) is 5.52 Å². The van der Waals surface area contributed by atoms with Gasteiger partial charge < -0.3 is 14.7 Å². The van der Waals surface area contributed by atoms with Gasteiger partial charge in [0.25, 0.3) is 0 Å². The Labute approximate surface area is 150 Å². The van der Waals surface area contributed by atoms with E-state index in [1.54, 1.807) is 19.2 Å². The Morgan fingerprint density at radius 2 is 2.04 bits per heavy atom. The van der Waals surface area contributed by atoms with Crippen molar-refractivity contribution in [1.29, 1.82) is 0 Å². The van der Waals surface area contributed by atoms with Crippen molar-refractivity contribution in [3.8, 4) is 0 Å². The van der Waals surface area contributed by atoms with Gasteiger partial charge in [0, 0.05) is 44.6 Å². The average Bonchev–Trinajstić information content (AvgIpc) is 3.19. The number of piperazine rings is 1. The van der Waals surface area contributed by atoms with E-state index in [1.807, 2.05) is 23.7 Å². The summed E-state index contributed by atoms with van der Waals surface area (Å²) in [6.45, 7) is 7.31. The zero-order valence-electron chi connectivity index (χ0n) is 14.8. The van der Waals surface area contributed by atoms with E-state index in [9.17, 15) is 4.79 Å². The third-order valence-corrected chi connectivity index (χ3v) is 4.43. The molecule has 1 saturated heterocycles. The first-order valence-electron chi connectivity index (χ1n) is 8.60. The molecule has 9 heteroatoms. The molecule has 0 saturated carbocycles. The molecule has 0 aliphatic carbocycles. The number of nitrogens with one attached hydrogen (secondary N) is 1. The minimum absolute atomic E-state index is 0.0848. The Balaban J connectivity index is 1.35. The van der Waals surface area contributed by atoms with Crippen LogP contribution in [-0.4, -0.2) is 63.3 Å². The lowest BCUT2D eigenvalue weighted by Gasteiger charge is -2.35. The van der Waals surface area contributed by atoms with E-state index < -0.39 is 0 Å². The fraction of sp³-hybridized carbons (Fsp3) is 0.412. The fourth-order valence-electron chi connectivity index (χ4n) is 3.20. The second-order valence-electron chi connectivity index (χ2n) is 6.50. The zero-order valence-corrected chi connectivity index (χ0v) is 14.8. The van der Waals surface area contributed by atoms with Gasteiger partial charge in [-0.3, -0.25) is 9.69 Å². The van der Waals surface area contributed by atoms with E-state index in [4.69, 9.17) is 4.52 Å². The number of hydrogen-bond acceptors (Lipinski definition) is 7. The van der Waals surface area contributed by atoms with Gasteiger partial charge in [-0.1, -0.05) is 5.16 Å². The second-order valence-corrected chi connectivity index (χ2v) is 6.50. The van der Waals surface area contributed by atoms with Crippen LogP contribution >= 0.6 is 0 Å². The highest BCUT2D eigenvalue weighted by Gasteiger charge is 2.22. The van der Waals surface area contributed by atoms with Crippen LogP contribution in [0.5, 0.6) is 0 Å². The highest BCUT2D eigenvalue weighted by molar-refractivity contribution is 5.91. The third-order valence-electron chi connectivity index (χ3n) is 4.43. The van der Waals surface area contributed by atoms with Gasteiger partial charge in [0.1, 0.15) is 11.3 Å². The van der Waals surface area contributed by atoms with Gasteiger partial charge in [-0.25, -0.2) is 9.50 Å². The predicted octanol–water partition coefficient (Wildman–Crippen LogP) is 1.09. The van der Waals surface area contributed by atoms with Crippen LogP contribution in [0.15, 0.2) is 29.0 Å². The topological polar surface area (TPSA) is 91.8 Å². The van der Waals surface area contributed by atoms with Gasteiger partial charge in [-0.05, 0) is 19.9 Å². The molecule has 9 nitrogen and oxygen atoms in total. The van der Waals surface area contributed by atoms with Crippen LogP contribution in [0.4, 0.5) is 11.6 Å². The number of fused-ring (bicyclic) bond motifs is 1. The number of hydrogen-bond donors (Lipinski definition) is 1. The SMILES string of the molecule is Cc1cc2c(N3CCN(CC(=O)Nc4cc(C)on4)CC3)nccn2n1. The molecule has 1 N–H and O–H groups in total. The molecule has 0 atom stereocenters. The minimum atomic E-state index is -0.0848. The molecular weight excluding hydrogens is 334 g/mol. The molecule has 4 heterocycles. The molecule has 0 spiro atoms. The van der Waals surface area contributed by atoms with Gasteiger partial charge in [0.15, 0.2) is 11.6 Å². The average molecular weight is 355 g/mol. The summed E-state index contributed by atoms with van der Waals surface area (Å²) in [7, 11) is 0. The monoisotopic (exact) mass is 355 g/mol. The lowest BCUT2D eigenvalue weighted by molar-refractivity contribution is -0.117. The number of anilines is 2. The van der Waals surface area contributed by atoms with Crippen molar-refractivity contribution in [2.45, 2.75) is 13.8 Å². The zero-order chi connectivity index (χ0) is 18.1. The molecule has 3 aromatic rings. The normalized spacial score (nSPS) is 15.5. The standard InChI is InChI=1S/C17H21N7O2/c1-12-9-14-17(18-3-4-24(14)20-12)23-7-5-22(6-8-23)11-16(25)19-15-10-13(2)26-21-15/h3-4,9-10H,5-8,11H2,1-2H3,(H,19,21,25). The summed E-state index contributed by atoms with van der Waals surface area (Å²) in [5, 5.41) is 11.0. The van der Waals surface area contributed by atoms with Crippen LogP contribution in [-0.2, 0) is 4.79 Å². The van der Waals surface area contributed by atoms with Crippen LogP contribution < -0.4 is 10.2 Å². The minimum Gasteiger partial charge on any atom is -0.360 e. The van der Waals surface area contributed by atoms with E-state index in [1.165, 1.54) is 0 Å². The number of rotatable bonds is 4. The van der Waals surface area contributed by atoms with Crippen molar-refractivity contribution in [1.82, 2.24) is 24.7 Å². The second kappa shape index (κ2) is 6.75. The molecule has 0 aromatic carbocycles. The molecule has 136 valence electrons. The lowest BCUT2D eigenvalue weighted by atomic mass is 10.3. The number of amides is 1. The molecule has 4 rings (SSSR count). The largest absolute Gasteiger partial charge is 0.360 e. The van der Waals surface area contributed by atoms with Gasteiger partial charge in [0.2, 0.25) is 5.91 Å². The Morgan fingerprint density at radius 3 is 2.77 bits per heavy atom. The summed E-state index contributed by atoms with van der Waals surface area (Å²) in [4.78, 5) is 21.1. The van der Waals surface area contributed by atoms with E-state index in [0.717, 1.165) is 43.2 Å². The summed E-state index contributed by atoms with van der Waals surface area (Å²) in [6, 6.07) is 3.75. The Bertz CT molecular complexity index is 924. The van der Waals surface area contributed by atoms with Crippen molar-refractivity contribution < 1.29 is 9.32 Å². The fourth-order valence-corrected chi connectivity index (χ4v) is 3.20. The number of nitrogens with zero attached hydrogens (tertiary/aromatic N) is 6. The van der Waals surface area contributed by atoms with Gasteiger partial charge in [-0.15, -0.1) is 0 Å². The molecule has 1 aliphatic heterocycles. The maximum absolute atomic E-state index is 12.1. The van der Waals surface area contributed by atoms with Crippen LogP contribution in [0.2, 0.25) is 0 Å². The third kappa shape index (κ3) is 3.38. The number of aromatic nitrogens is 4. The summed E-state index contributed by atoms with van der Waals surface area (Å²) >= 11 is 0. The van der Waals surface area contributed by atoms with Crippen LogP contribution in [0.1, 0.15) is 11.5 Å².